The highest BCUT2D eigenvalue weighted by molar-refractivity contribution is 7.92. The summed E-state index contributed by atoms with van der Waals surface area (Å²) in [4.78, 5) is 12.3. The number of hydrogen-bond donors (Lipinski definition) is 0. The van der Waals surface area contributed by atoms with E-state index in [1.54, 1.807) is 30.3 Å². The monoisotopic (exact) mass is 266 g/mol. The number of rotatable bonds is 3. The molecule has 2 atom stereocenters. The maximum Gasteiger partial charge on any atom is 0.188 e. The van der Waals surface area contributed by atoms with E-state index in [1.807, 2.05) is 6.92 Å². The number of carbonyl (C=O) groups excluding carboxylic acids is 1. The molecule has 1 aromatic rings. The van der Waals surface area contributed by atoms with Crippen molar-refractivity contribution in [1.82, 2.24) is 0 Å². The molecule has 0 spiro atoms. The summed E-state index contributed by atoms with van der Waals surface area (Å²) in [5.41, 5.74) is 0. The normalized spacial score (nSPS) is 25.1. The minimum Gasteiger partial charge on any atom is -0.298 e. The number of carbonyl (C=O) groups is 1. The Kier molecular flexibility index (Phi) is 3.85. The van der Waals surface area contributed by atoms with Gasteiger partial charge in [-0.05, 0) is 30.9 Å². The highest BCUT2D eigenvalue weighted by atomic mass is 32.2. The van der Waals surface area contributed by atoms with E-state index >= 15 is 0 Å². The van der Waals surface area contributed by atoms with Crippen LogP contribution < -0.4 is 0 Å². The molecule has 0 aliphatic heterocycles. The van der Waals surface area contributed by atoms with E-state index in [9.17, 15) is 13.2 Å². The fourth-order valence-corrected chi connectivity index (χ4v) is 4.83. The number of ketones is 1. The Labute approximate surface area is 108 Å². The lowest BCUT2D eigenvalue weighted by atomic mass is 9.86. The molecular weight excluding hydrogens is 248 g/mol. The minimum atomic E-state index is -3.52. The van der Waals surface area contributed by atoms with Crippen LogP contribution in [0.5, 0.6) is 0 Å². The summed E-state index contributed by atoms with van der Waals surface area (Å²) in [6.07, 6.45) is 2.78. The van der Waals surface area contributed by atoms with Crippen molar-refractivity contribution in [3.63, 3.8) is 0 Å². The Morgan fingerprint density at radius 1 is 1.22 bits per heavy atom. The first kappa shape index (κ1) is 13.3. The molecule has 18 heavy (non-hydrogen) atoms. The highest BCUT2D eigenvalue weighted by Crippen LogP contribution is 2.32. The molecule has 0 unspecified atom stereocenters. The van der Waals surface area contributed by atoms with Gasteiger partial charge in [-0.2, -0.15) is 0 Å². The molecule has 0 saturated heterocycles. The molecule has 0 bridgehead atoms. The zero-order valence-corrected chi connectivity index (χ0v) is 11.3. The predicted octanol–water partition coefficient (Wildman–Crippen LogP) is 2.61. The maximum atomic E-state index is 12.5. The Hall–Kier alpha value is -1.16. The van der Waals surface area contributed by atoms with E-state index < -0.39 is 15.1 Å². The van der Waals surface area contributed by atoms with E-state index in [1.165, 1.54) is 0 Å². The van der Waals surface area contributed by atoms with Crippen molar-refractivity contribution in [3.8, 4) is 0 Å². The van der Waals surface area contributed by atoms with Crippen LogP contribution in [0.2, 0.25) is 0 Å². The molecule has 0 radical (unpaired) electrons. The Balaban J connectivity index is 2.42. The predicted molar refractivity (Wildman–Crippen MR) is 70.1 cm³/mol. The van der Waals surface area contributed by atoms with Crippen LogP contribution in [0.15, 0.2) is 35.2 Å². The first-order chi connectivity index (χ1) is 8.57. The Morgan fingerprint density at radius 3 is 2.50 bits per heavy atom. The molecule has 0 heterocycles. The van der Waals surface area contributed by atoms with Crippen LogP contribution in [-0.4, -0.2) is 19.5 Å². The van der Waals surface area contributed by atoms with Crippen LogP contribution in [-0.2, 0) is 14.6 Å². The lowest BCUT2D eigenvalue weighted by Crippen LogP contribution is -2.40. The van der Waals surface area contributed by atoms with E-state index in [0.29, 0.717) is 6.42 Å². The molecule has 1 aliphatic carbocycles. The van der Waals surface area contributed by atoms with Crippen molar-refractivity contribution in [2.75, 3.05) is 0 Å². The third-order valence-electron chi connectivity index (χ3n) is 3.67. The largest absolute Gasteiger partial charge is 0.298 e. The first-order valence-electron chi connectivity index (χ1n) is 6.39. The van der Waals surface area contributed by atoms with Crippen molar-refractivity contribution in [3.05, 3.63) is 30.3 Å². The summed E-state index contributed by atoms with van der Waals surface area (Å²) in [5.74, 6) is -0.145. The third-order valence-corrected chi connectivity index (χ3v) is 5.92. The third kappa shape index (κ3) is 2.34. The molecule has 2 rings (SSSR count). The molecule has 1 aliphatic rings. The van der Waals surface area contributed by atoms with Gasteiger partial charge in [-0.1, -0.05) is 31.5 Å². The van der Waals surface area contributed by atoms with Gasteiger partial charge in [-0.25, -0.2) is 8.42 Å². The number of hydrogen-bond acceptors (Lipinski definition) is 3. The van der Waals surface area contributed by atoms with E-state index in [2.05, 4.69) is 0 Å². The molecule has 0 aromatic heterocycles. The van der Waals surface area contributed by atoms with Crippen molar-refractivity contribution in [2.45, 2.75) is 42.8 Å². The van der Waals surface area contributed by atoms with E-state index in [4.69, 9.17) is 0 Å². The second kappa shape index (κ2) is 5.22. The Bertz CT molecular complexity index is 519. The summed E-state index contributed by atoms with van der Waals surface area (Å²) < 4.78 is 25.1. The van der Waals surface area contributed by atoms with Gasteiger partial charge in [0.05, 0.1) is 4.90 Å². The summed E-state index contributed by atoms with van der Waals surface area (Å²) in [6.45, 7) is 1.96. The number of Topliss-reactive ketones (excluding diaryl/α,β-unsaturated/α-hetero) is 1. The van der Waals surface area contributed by atoms with Crippen LogP contribution in [0.4, 0.5) is 0 Å². The second-order valence-electron chi connectivity index (χ2n) is 4.81. The van der Waals surface area contributed by atoms with Gasteiger partial charge in [0, 0.05) is 6.42 Å². The Morgan fingerprint density at radius 2 is 1.89 bits per heavy atom. The fourth-order valence-electron chi connectivity index (χ4n) is 2.70. The SMILES string of the molecule is CC[C@H]1CCCC(=O)[C@@H]1S(=O)(=O)c1ccccc1. The van der Waals surface area contributed by atoms with Gasteiger partial charge in [-0.3, -0.25) is 4.79 Å². The number of sulfone groups is 1. The second-order valence-corrected chi connectivity index (χ2v) is 6.87. The van der Waals surface area contributed by atoms with Crippen LogP contribution in [0, 0.1) is 5.92 Å². The standard InChI is InChI=1S/C14H18O3S/c1-2-11-7-6-10-13(15)14(11)18(16,17)12-8-4-3-5-9-12/h3-5,8-9,11,14H,2,6-7,10H2,1H3/t11-,14+/m0/s1. The van der Waals surface area contributed by atoms with Crippen LogP contribution >= 0.6 is 0 Å². The molecule has 1 saturated carbocycles. The molecular formula is C14H18O3S. The van der Waals surface area contributed by atoms with Gasteiger partial charge < -0.3 is 0 Å². The molecule has 1 aromatic carbocycles. The van der Waals surface area contributed by atoms with E-state index in [-0.39, 0.29) is 16.6 Å². The van der Waals surface area contributed by atoms with Crippen molar-refractivity contribution >= 4 is 15.6 Å². The average Bonchev–Trinajstić information content (AvgIpc) is 2.39. The van der Waals surface area contributed by atoms with E-state index in [0.717, 1.165) is 19.3 Å². The summed E-state index contributed by atoms with van der Waals surface area (Å²) in [5, 5.41) is -0.835. The molecule has 1 fully saturated rings. The van der Waals surface area contributed by atoms with Gasteiger partial charge in [0.15, 0.2) is 15.6 Å². The average molecular weight is 266 g/mol. The van der Waals surface area contributed by atoms with Gasteiger partial charge in [0.25, 0.3) is 0 Å². The summed E-state index contributed by atoms with van der Waals surface area (Å²) in [7, 11) is -3.52. The van der Waals surface area contributed by atoms with Gasteiger partial charge >= 0.3 is 0 Å². The minimum absolute atomic E-state index is 0.0311. The van der Waals surface area contributed by atoms with Crippen LogP contribution in [0.3, 0.4) is 0 Å². The van der Waals surface area contributed by atoms with Gasteiger partial charge in [-0.15, -0.1) is 0 Å². The van der Waals surface area contributed by atoms with Crippen LogP contribution in [0.1, 0.15) is 32.6 Å². The fraction of sp³-hybridized carbons (Fsp3) is 0.500. The molecule has 98 valence electrons. The topological polar surface area (TPSA) is 51.2 Å². The van der Waals surface area contributed by atoms with Crippen LogP contribution in [0.25, 0.3) is 0 Å². The van der Waals surface area contributed by atoms with Crippen molar-refractivity contribution < 1.29 is 13.2 Å². The summed E-state index contributed by atoms with van der Waals surface area (Å²) in [6, 6.07) is 8.31. The zero-order chi connectivity index (χ0) is 13.2. The molecule has 0 amide bonds. The molecule has 4 heteroatoms. The smallest absolute Gasteiger partial charge is 0.188 e. The lowest BCUT2D eigenvalue weighted by molar-refractivity contribution is -0.121. The van der Waals surface area contributed by atoms with Gasteiger partial charge in [0.2, 0.25) is 0 Å². The van der Waals surface area contributed by atoms with Crippen molar-refractivity contribution in [2.24, 2.45) is 5.92 Å². The highest BCUT2D eigenvalue weighted by Gasteiger charge is 2.41. The summed E-state index contributed by atoms with van der Waals surface area (Å²) >= 11 is 0. The molecule has 3 nitrogen and oxygen atoms in total. The number of benzene rings is 1. The first-order valence-corrected chi connectivity index (χ1v) is 7.93. The van der Waals surface area contributed by atoms with Gasteiger partial charge in [0.1, 0.15) is 5.25 Å². The van der Waals surface area contributed by atoms with Crippen molar-refractivity contribution in [1.29, 1.82) is 0 Å². The maximum absolute atomic E-state index is 12.5. The lowest BCUT2D eigenvalue weighted by Gasteiger charge is -2.29. The quantitative estimate of drug-likeness (QED) is 0.845. The zero-order valence-electron chi connectivity index (χ0n) is 10.5. The molecule has 0 N–H and O–H groups in total.